The average Bonchev–Trinajstić information content (AvgIpc) is 2.95. The largest absolute Gasteiger partial charge is 0.369 e. The van der Waals surface area contributed by atoms with Crippen LogP contribution in [0.25, 0.3) is 11.3 Å². The highest BCUT2D eigenvalue weighted by Crippen LogP contribution is 2.20. The summed E-state index contributed by atoms with van der Waals surface area (Å²) in [6.45, 7) is 0. The lowest BCUT2D eigenvalue weighted by atomic mass is 10.1. The van der Waals surface area contributed by atoms with Crippen LogP contribution < -0.4 is 11.1 Å². The number of nitrogens with one attached hydrogen (secondary N) is 2. The van der Waals surface area contributed by atoms with Crippen LogP contribution in [-0.2, 0) is 0 Å². The van der Waals surface area contributed by atoms with Crippen molar-refractivity contribution in [2.45, 2.75) is 0 Å². The molecule has 0 radical (unpaired) electrons. The molecule has 22 heavy (non-hydrogen) atoms. The van der Waals surface area contributed by atoms with Crippen molar-refractivity contribution in [3.05, 3.63) is 63.9 Å². The fourth-order valence-electron chi connectivity index (χ4n) is 2.02. The number of carbonyl (C=O) groups excluding carboxylic acids is 1. The fraction of sp³-hybridized carbons (Fsp3) is 0. The maximum atomic E-state index is 12.1. The highest BCUT2D eigenvalue weighted by Gasteiger charge is 2.06. The second kappa shape index (κ2) is 6.18. The molecule has 110 valence electrons. The summed E-state index contributed by atoms with van der Waals surface area (Å²) in [6.07, 6.45) is 1.68. The maximum Gasteiger partial charge on any atom is 0.255 e. The number of carbonyl (C=O) groups is 1. The van der Waals surface area contributed by atoms with Crippen LogP contribution in [0.3, 0.4) is 0 Å². The van der Waals surface area contributed by atoms with Gasteiger partial charge in [0.15, 0.2) is 5.95 Å². The predicted molar refractivity (Wildman–Crippen MR) is 95.5 cm³/mol. The van der Waals surface area contributed by atoms with Crippen LogP contribution in [0, 0.1) is 3.57 Å². The predicted octanol–water partition coefficient (Wildman–Crippen LogP) is 3.52. The molecule has 1 aromatic heterocycles. The average molecular weight is 404 g/mol. The molecule has 3 rings (SSSR count). The number of nitrogen functional groups attached to an aromatic ring is 1. The van der Waals surface area contributed by atoms with E-state index >= 15 is 0 Å². The summed E-state index contributed by atoms with van der Waals surface area (Å²) in [4.78, 5) is 19.1. The van der Waals surface area contributed by atoms with Crippen LogP contribution in [0.1, 0.15) is 10.4 Å². The van der Waals surface area contributed by atoms with Crippen LogP contribution in [0.2, 0.25) is 0 Å². The van der Waals surface area contributed by atoms with Crippen molar-refractivity contribution in [1.29, 1.82) is 0 Å². The van der Waals surface area contributed by atoms with Crippen LogP contribution in [0.15, 0.2) is 54.7 Å². The number of nitrogens with two attached hydrogens (primary N) is 1. The molecule has 1 amide bonds. The molecule has 0 saturated carbocycles. The third-order valence-electron chi connectivity index (χ3n) is 3.16. The molecule has 0 spiro atoms. The molecule has 0 aliphatic heterocycles. The molecular formula is C16H13IN4O. The summed E-state index contributed by atoms with van der Waals surface area (Å²) in [5, 5.41) is 2.87. The number of hydrogen-bond donors (Lipinski definition) is 3. The lowest BCUT2D eigenvalue weighted by Crippen LogP contribution is -2.11. The summed E-state index contributed by atoms with van der Waals surface area (Å²) in [5.74, 6) is 0.251. The van der Waals surface area contributed by atoms with E-state index < -0.39 is 0 Å². The van der Waals surface area contributed by atoms with Gasteiger partial charge in [0.1, 0.15) is 0 Å². The van der Waals surface area contributed by atoms with Crippen molar-refractivity contribution >= 4 is 40.1 Å². The third-order valence-corrected chi connectivity index (χ3v) is 3.87. The first-order valence-corrected chi connectivity index (χ1v) is 7.67. The second-order valence-electron chi connectivity index (χ2n) is 4.72. The molecule has 0 aliphatic rings. The molecule has 2 aromatic carbocycles. The van der Waals surface area contributed by atoms with Gasteiger partial charge < -0.3 is 16.0 Å². The number of hydrogen-bond acceptors (Lipinski definition) is 3. The standard InChI is InChI=1S/C16H13IN4O/c17-12-5-1-11(2-6-12)15(22)20-13-7-3-10(4-8-13)14-9-19-16(18)21-14/h1-9H,(H,20,22)(H3,18,19,21). The number of imidazole rings is 1. The van der Waals surface area contributed by atoms with Gasteiger partial charge in [0.25, 0.3) is 5.91 Å². The summed E-state index contributed by atoms with van der Waals surface area (Å²) in [7, 11) is 0. The number of benzene rings is 2. The Labute approximate surface area is 141 Å². The fourth-order valence-corrected chi connectivity index (χ4v) is 2.38. The zero-order valence-electron chi connectivity index (χ0n) is 11.5. The highest BCUT2D eigenvalue weighted by atomic mass is 127. The molecule has 0 saturated heterocycles. The second-order valence-corrected chi connectivity index (χ2v) is 5.97. The number of halogens is 1. The summed E-state index contributed by atoms with van der Waals surface area (Å²) >= 11 is 2.21. The number of amides is 1. The first-order chi connectivity index (χ1) is 10.6. The van der Waals surface area contributed by atoms with Gasteiger partial charge in [0, 0.05) is 14.8 Å². The van der Waals surface area contributed by atoms with Gasteiger partial charge >= 0.3 is 0 Å². The number of rotatable bonds is 3. The van der Waals surface area contributed by atoms with E-state index in [0.29, 0.717) is 11.5 Å². The van der Waals surface area contributed by atoms with Gasteiger partial charge in [-0.05, 0) is 64.6 Å². The monoisotopic (exact) mass is 404 g/mol. The Kier molecular flexibility index (Phi) is 4.10. The van der Waals surface area contributed by atoms with Gasteiger partial charge in [0.05, 0.1) is 11.9 Å². The van der Waals surface area contributed by atoms with Crippen LogP contribution in [0.5, 0.6) is 0 Å². The summed E-state index contributed by atoms with van der Waals surface area (Å²) in [5.41, 5.74) is 8.72. The van der Waals surface area contributed by atoms with Gasteiger partial charge in [-0.3, -0.25) is 4.79 Å². The van der Waals surface area contributed by atoms with Crippen molar-refractivity contribution in [1.82, 2.24) is 9.97 Å². The first-order valence-electron chi connectivity index (χ1n) is 6.59. The number of anilines is 2. The quantitative estimate of drug-likeness (QED) is 0.585. The van der Waals surface area contributed by atoms with E-state index in [1.54, 1.807) is 18.3 Å². The number of aromatic nitrogens is 2. The molecule has 0 aliphatic carbocycles. The van der Waals surface area contributed by atoms with Crippen molar-refractivity contribution in [2.75, 3.05) is 11.1 Å². The first kappa shape index (κ1) is 14.6. The van der Waals surface area contributed by atoms with Gasteiger partial charge in [-0.2, -0.15) is 0 Å². The molecule has 5 nitrogen and oxygen atoms in total. The van der Waals surface area contributed by atoms with E-state index in [1.165, 1.54) is 0 Å². The molecule has 0 unspecified atom stereocenters. The zero-order chi connectivity index (χ0) is 15.5. The minimum absolute atomic E-state index is 0.130. The summed E-state index contributed by atoms with van der Waals surface area (Å²) in [6, 6.07) is 14.9. The van der Waals surface area contributed by atoms with E-state index in [1.807, 2.05) is 36.4 Å². The molecular weight excluding hydrogens is 391 g/mol. The minimum Gasteiger partial charge on any atom is -0.369 e. The van der Waals surface area contributed by atoms with Gasteiger partial charge in [-0.1, -0.05) is 12.1 Å². The smallest absolute Gasteiger partial charge is 0.255 e. The topological polar surface area (TPSA) is 83.8 Å². The molecule has 0 bridgehead atoms. The Bertz CT molecular complexity index is 794. The minimum atomic E-state index is -0.130. The van der Waals surface area contributed by atoms with Crippen molar-refractivity contribution in [3.8, 4) is 11.3 Å². The molecule has 1 heterocycles. The van der Waals surface area contributed by atoms with Crippen LogP contribution in [0.4, 0.5) is 11.6 Å². The lowest BCUT2D eigenvalue weighted by Gasteiger charge is -2.06. The van der Waals surface area contributed by atoms with Gasteiger partial charge in [-0.15, -0.1) is 0 Å². The lowest BCUT2D eigenvalue weighted by molar-refractivity contribution is 0.102. The normalized spacial score (nSPS) is 10.4. The molecule has 0 fully saturated rings. The van der Waals surface area contributed by atoms with Gasteiger partial charge in [-0.25, -0.2) is 4.98 Å². The van der Waals surface area contributed by atoms with Crippen molar-refractivity contribution < 1.29 is 4.79 Å². The van der Waals surface area contributed by atoms with E-state index in [2.05, 4.69) is 37.9 Å². The SMILES string of the molecule is Nc1ncc(-c2ccc(NC(=O)c3ccc(I)cc3)cc2)[nH]1. The highest BCUT2D eigenvalue weighted by molar-refractivity contribution is 14.1. The van der Waals surface area contributed by atoms with Gasteiger partial charge in [0.2, 0.25) is 0 Å². The Morgan fingerprint density at radius 3 is 2.36 bits per heavy atom. The van der Waals surface area contributed by atoms with Crippen LogP contribution >= 0.6 is 22.6 Å². The van der Waals surface area contributed by atoms with E-state index in [9.17, 15) is 4.79 Å². The molecule has 6 heteroatoms. The van der Waals surface area contributed by atoms with Crippen molar-refractivity contribution in [2.24, 2.45) is 0 Å². The Balaban J connectivity index is 1.73. The number of aromatic amines is 1. The summed E-state index contributed by atoms with van der Waals surface area (Å²) < 4.78 is 1.09. The Hall–Kier alpha value is -2.35. The van der Waals surface area contributed by atoms with E-state index in [0.717, 1.165) is 20.5 Å². The van der Waals surface area contributed by atoms with E-state index in [4.69, 9.17) is 5.73 Å². The molecule has 3 aromatic rings. The van der Waals surface area contributed by atoms with E-state index in [-0.39, 0.29) is 5.91 Å². The Morgan fingerprint density at radius 1 is 1.09 bits per heavy atom. The number of nitrogens with zero attached hydrogens (tertiary/aromatic N) is 1. The Morgan fingerprint density at radius 2 is 1.77 bits per heavy atom. The number of H-pyrrole nitrogens is 1. The van der Waals surface area contributed by atoms with Crippen molar-refractivity contribution in [3.63, 3.8) is 0 Å². The maximum absolute atomic E-state index is 12.1. The third kappa shape index (κ3) is 3.28. The molecule has 4 N–H and O–H groups in total. The molecule has 0 atom stereocenters. The zero-order valence-corrected chi connectivity index (χ0v) is 13.7. The van der Waals surface area contributed by atoms with Crippen LogP contribution in [-0.4, -0.2) is 15.9 Å².